The summed E-state index contributed by atoms with van der Waals surface area (Å²) in [6.07, 6.45) is 2.07. The van der Waals surface area contributed by atoms with Gasteiger partial charge in [0.25, 0.3) is 0 Å². The summed E-state index contributed by atoms with van der Waals surface area (Å²) in [6, 6.07) is 2.48. The summed E-state index contributed by atoms with van der Waals surface area (Å²) in [4.78, 5) is 0. The minimum atomic E-state index is -4.18. The quantitative estimate of drug-likeness (QED) is 0.235. The number of nitrogens with zero attached hydrogens (tertiary/aromatic N) is 1. The minimum absolute atomic E-state index is 0.774. The largest absolute Gasteiger partial charge is 1.04 e. The third-order valence-electron chi connectivity index (χ3n) is 3.65. The zero-order chi connectivity index (χ0) is 22.3. The van der Waals surface area contributed by atoms with Gasteiger partial charge in [-0.2, -0.15) is 17.6 Å². The van der Waals surface area contributed by atoms with Crippen LogP contribution in [0.25, 0.3) is 0 Å². The first-order chi connectivity index (χ1) is 14.1. The molecule has 0 radical (unpaired) electrons. The molecule has 0 unspecified atom stereocenters. The van der Waals surface area contributed by atoms with E-state index in [4.69, 9.17) is 0 Å². The van der Waals surface area contributed by atoms with Crippen molar-refractivity contribution in [1.82, 2.24) is 3.55 Å². The van der Waals surface area contributed by atoms with Crippen molar-refractivity contribution >= 4 is 15.0 Å². The lowest BCUT2D eigenvalue weighted by Gasteiger charge is -2.19. The maximum absolute atomic E-state index is 13.9. The van der Waals surface area contributed by atoms with Gasteiger partial charge in [0.15, 0.2) is 11.5 Å². The SMILES string of the molecule is Fc1c(F)c(F)c([O][Al]([O]c2c(F)c(F)c(F)c(F)c2F)[n]2cccc2)c(F)c1F. The Morgan fingerprint density at radius 3 is 1.03 bits per heavy atom. The summed E-state index contributed by atoms with van der Waals surface area (Å²) in [6.45, 7) is 0. The Balaban J connectivity index is 2.11. The van der Waals surface area contributed by atoms with E-state index in [9.17, 15) is 43.9 Å². The van der Waals surface area contributed by atoms with Crippen LogP contribution in [0, 0.1) is 58.2 Å². The van der Waals surface area contributed by atoms with E-state index < -0.39 is 84.7 Å². The molecule has 0 bridgehead atoms. The van der Waals surface area contributed by atoms with E-state index >= 15 is 0 Å². The van der Waals surface area contributed by atoms with Crippen molar-refractivity contribution in [1.29, 1.82) is 0 Å². The Labute approximate surface area is 164 Å². The predicted molar refractivity (Wildman–Crippen MR) is 79.3 cm³/mol. The minimum Gasteiger partial charge on any atom is -0.589 e. The number of hydrogen-bond acceptors (Lipinski definition) is 2. The van der Waals surface area contributed by atoms with E-state index in [-0.39, 0.29) is 0 Å². The first-order valence-electron chi connectivity index (χ1n) is 7.54. The van der Waals surface area contributed by atoms with Gasteiger partial charge in [-0.15, -0.1) is 0 Å². The summed E-state index contributed by atoms with van der Waals surface area (Å²) in [7, 11) is 0. The van der Waals surface area contributed by atoms with E-state index in [1.807, 2.05) is 0 Å². The Bertz CT molecular complexity index is 993. The predicted octanol–water partition coefficient (Wildman–Crippen LogP) is 4.87. The summed E-state index contributed by atoms with van der Waals surface area (Å²) in [5, 5.41) is 0. The standard InChI is InChI=1S/2C6HF5O.C4H4N.Al/c2*7-1-2(8)4(10)6(12)5(11)3(1)9;1-2-4-5-3-1;/h2*12H;1-4H;/q;;-1;+3/p-2. The lowest BCUT2D eigenvalue weighted by atomic mass is 10.3. The van der Waals surface area contributed by atoms with Crippen LogP contribution in [-0.4, -0.2) is 18.6 Å². The van der Waals surface area contributed by atoms with Gasteiger partial charge in [0.05, 0.1) is 0 Å². The van der Waals surface area contributed by atoms with Crippen LogP contribution in [0.1, 0.15) is 0 Å². The van der Waals surface area contributed by atoms with Crippen LogP contribution >= 0.6 is 0 Å². The fraction of sp³-hybridized carbons (Fsp3) is 0. The first kappa shape index (κ1) is 21.9. The number of benzene rings is 2. The molecule has 0 aliphatic heterocycles. The normalized spacial score (nSPS) is 11.0. The molecule has 0 aliphatic rings. The lowest BCUT2D eigenvalue weighted by Crippen LogP contribution is -2.39. The topological polar surface area (TPSA) is 23.4 Å². The van der Waals surface area contributed by atoms with Crippen molar-refractivity contribution in [3.05, 3.63) is 82.7 Å². The fourth-order valence-corrected chi connectivity index (χ4v) is 3.80. The Kier molecular flexibility index (Phi) is 5.91. The molecule has 0 N–H and O–H groups in total. The molecule has 1 aromatic heterocycles. The van der Waals surface area contributed by atoms with Crippen molar-refractivity contribution in [2.75, 3.05) is 0 Å². The summed E-state index contributed by atoms with van der Waals surface area (Å²) in [5.74, 6) is -28.0. The molecule has 0 saturated carbocycles. The molecule has 2 aromatic carbocycles. The molecule has 1 heterocycles. The van der Waals surface area contributed by atoms with Crippen molar-refractivity contribution in [3.8, 4) is 11.5 Å². The van der Waals surface area contributed by atoms with Gasteiger partial charge in [0.2, 0.25) is 58.2 Å². The Hall–Kier alpha value is -2.85. The number of hydrogen-bond donors (Lipinski definition) is 0. The second-order valence-corrected chi connectivity index (χ2v) is 7.15. The van der Waals surface area contributed by atoms with Crippen LogP contribution in [-0.2, 0) is 0 Å². The molecule has 158 valence electrons. The molecule has 14 heteroatoms. The highest BCUT2D eigenvalue weighted by atomic mass is 27.2. The molecule has 0 spiro atoms. The molecule has 0 amide bonds. The number of aromatic nitrogens is 1. The van der Waals surface area contributed by atoms with Crippen LogP contribution < -0.4 is 7.58 Å². The molecule has 3 aromatic rings. The molecule has 3 nitrogen and oxygen atoms in total. The van der Waals surface area contributed by atoms with Crippen LogP contribution in [0.2, 0.25) is 0 Å². The Morgan fingerprint density at radius 2 is 0.733 bits per heavy atom. The van der Waals surface area contributed by atoms with Gasteiger partial charge < -0.3 is 11.1 Å². The highest BCUT2D eigenvalue weighted by Crippen LogP contribution is 2.32. The summed E-state index contributed by atoms with van der Waals surface area (Å²) >= 11 is -4.18. The molecule has 0 aliphatic carbocycles. The van der Waals surface area contributed by atoms with Crippen LogP contribution in [0.5, 0.6) is 11.5 Å². The molecule has 0 atom stereocenters. The van der Waals surface area contributed by atoms with Crippen LogP contribution in [0.4, 0.5) is 43.9 Å². The van der Waals surface area contributed by atoms with Gasteiger partial charge in [-0.05, 0) is 24.5 Å². The first-order valence-corrected chi connectivity index (χ1v) is 9.00. The fourth-order valence-electron chi connectivity index (χ4n) is 2.21. The van der Waals surface area contributed by atoms with Gasteiger partial charge in [0.1, 0.15) is 0 Å². The average molecular weight is 459 g/mol. The highest BCUT2D eigenvalue weighted by molar-refractivity contribution is 6.44. The third-order valence-corrected chi connectivity index (χ3v) is 5.35. The van der Waals surface area contributed by atoms with Gasteiger partial charge in [-0.25, -0.2) is 26.3 Å². The zero-order valence-electron chi connectivity index (χ0n) is 13.9. The van der Waals surface area contributed by atoms with Gasteiger partial charge in [-0.3, -0.25) is 0 Å². The van der Waals surface area contributed by atoms with Crippen LogP contribution in [0.3, 0.4) is 0 Å². The van der Waals surface area contributed by atoms with Gasteiger partial charge in [-0.1, -0.05) is 0 Å². The van der Waals surface area contributed by atoms with Crippen LogP contribution in [0.15, 0.2) is 24.5 Å². The number of rotatable bonds is 5. The second kappa shape index (κ2) is 8.12. The smallest absolute Gasteiger partial charge is 0.589 e. The van der Waals surface area contributed by atoms with Crippen molar-refractivity contribution in [3.63, 3.8) is 0 Å². The monoisotopic (exact) mass is 459 g/mol. The van der Waals surface area contributed by atoms with E-state index in [0.717, 1.165) is 15.9 Å². The number of halogens is 10. The molecule has 0 saturated heterocycles. The summed E-state index contributed by atoms with van der Waals surface area (Å²) in [5.41, 5.74) is 0. The summed E-state index contributed by atoms with van der Waals surface area (Å²) < 4.78 is 145. The van der Waals surface area contributed by atoms with E-state index in [0.29, 0.717) is 0 Å². The molecule has 0 fully saturated rings. The second-order valence-electron chi connectivity index (χ2n) is 5.47. The van der Waals surface area contributed by atoms with Crippen molar-refractivity contribution < 1.29 is 51.5 Å². The third kappa shape index (κ3) is 3.57. The molecule has 3 rings (SSSR count). The van der Waals surface area contributed by atoms with Crippen molar-refractivity contribution in [2.45, 2.75) is 0 Å². The van der Waals surface area contributed by atoms with Gasteiger partial charge >= 0.3 is 15.0 Å². The average Bonchev–Trinajstić information content (AvgIpc) is 3.27. The maximum atomic E-state index is 13.9. The van der Waals surface area contributed by atoms with E-state index in [2.05, 4.69) is 7.58 Å². The van der Waals surface area contributed by atoms with Gasteiger partial charge in [0, 0.05) is 0 Å². The van der Waals surface area contributed by atoms with Crippen molar-refractivity contribution in [2.24, 2.45) is 0 Å². The lowest BCUT2D eigenvalue weighted by molar-refractivity contribution is 0.306. The highest BCUT2D eigenvalue weighted by Gasteiger charge is 2.44. The molecular weight excluding hydrogens is 455 g/mol. The molecular formula is C16H4AlF10NO2. The maximum Gasteiger partial charge on any atom is 1.04 e. The molecule has 30 heavy (non-hydrogen) atoms. The Morgan fingerprint density at radius 1 is 0.467 bits per heavy atom. The zero-order valence-corrected chi connectivity index (χ0v) is 15.1. The van der Waals surface area contributed by atoms with E-state index in [1.165, 1.54) is 12.1 Å². The van der Waals surface area contributed by atoms with E-state index in [1.54, 1.807) is 0 Å².